The van der Waals surface area contributed by atoms with Crippen molar-refractivity contribution in [1.82, 2.24) is 15.5 Å². The van der Waals surface area contributed by atoms with Gasteiger partial charge in [0.1, 0.15) is 0 Å². The number of carbonyl (C=O) groups excluding carboxylic acids is 1. The molecular formula is C20H29BrN4O. The first-order valence-electron chi connectivity index (χ1n) is 9.59. The van der Waals surface area contributed by atoms with Crippen molar-refractivity contribution in [2.24, 2.45) is 10.9 Å². The van der Waals surface area contributed by atoms with Crippen LogP contribution in [0.15, 0.2) is 33.7 Å². The van der Waals surface area contributed by atoms with E-state index in [-0.39, 0.29) is 17.9 Å². The molecule has 0 spiro atoms. The number of hydrogen-bond acceptors (Lipinski definition) is 2. The SMILES string of the molecule is CCN=C(NC1CCN(C(=O)C(C)C)C1)NC1CC1c1ccc(Br)cc1. The van der Waals surface area contributed by atoms with Crippen LogP contribution in [0.3, 0.4) is 0 Å². The van der Waals surface area contributed by atoms with Gasteiger partial charge in [-0.05, 0) is 37.5 Å². The number of nitrogens with zero attached hydrogens (tertiary/aromatic N) is 2. The maximum absolute atomic E-state index is 12.2. The van der Waals surface area contributed by atoms with Crippen molar-refractivity contribution >= 4 is 27.8 Å². The van der Waals surface area contributed by atoms with E-state index in [1.807, 2.05) is 25.7 Å². The Labute approximate surface area is 164 Å². The monoisotopic (exact) mass is 420 g/mol. The summed E-state index contributed by atoms with van der Waals surface area (Å²) in [6, 6.07) is 9.29. The number of hydrogen-bond donors (Lipinski definition) is 2. The van der Waals surface area contributed by atoms with E-state index in [4.69, 9.17) is 0 Å². The summed E-state index contributed by atoms with van der Waals surface area (Å²) < 4.78 is 1.11. The molecule has 3 rings (SSSR count). The maximum atomic E-state index is 12.2. The molecule has 3 unspecified atom stereocenters. The fraction of sp³-hybridized carbons (Fsp3) is 0.600. The second-order valence-electron chi connectivity index (χ2n) is 7.54. The predicted octanol–water partition coefficient (Wildman–Crippen LogP) is 3.12. The summed E-state index contributed by atoms with van der Waals surface area (Å²) in [6.07, 6.45) is 2.11. The molecule has 1 aliphatic carbocycles. The van der Waals surface area contributed by atoms with Crippen molar-refractivity contribution in [3.63, 3.8) is 0 Å². The van der Waals surface area contributed by atoms with E-state index >= 15 is 0 Å². The summed E-state index contributed by atoms with van der Waals surface area (Å²) in [5, 5.41) is 7.10. The summed E-state index contributed by atoms with van der Waals surface area (Å²) in [4.78, 5) is 18.7. The van der Waals surface area contributed by atoms with Gasteiger partial charge in [0.15, 0.2) is 5.96 Å². The number of aliphatic imine (C=N–C) groups is 1. The van der Waals surface area contributed by atoms with Crippen LogP contribution in [0, 0.1) is 5.92 Å². The molecule has 26 heavy (non-hydrogen) atoms. The van der Waals surface area contributed by atoms with Gasteiger partial charge in [-0.1, -0.05) is 41.9 Å². The molecule has 0 radical (unpaired) electrons. The Kier molecular flexibility index (Phi) is 6.22. The van der Waals surface area contributed by atoms with E-state index in [1.165, 1.54) is 5.56 Å². The molecule has 2 N–H and O–H groups in total. The van der Waals surface area contributed by atoms with Crippen molar-refractivity contribution in [3.8, 4) is 0 Å². The number of guanidine groups is 1. The minimum Gasteiger partial charge on any atom is -0.353 e. The molecule has 3 atom stereocenters. The summed E-state index contributed by atoms with van der Waals surface area (Å²) in [5.41, 5.74) is 1.37. The minimum absolute atomic E-state index is 0.0637. The summed E-state index contributed by atoms with van der Waals surface area (Å²) in [7, 11) is 0. The molecule has 1 amide bonds. The van der Waals surface area contributed by atoms with E-state index < -0.39 is 0 Å². The lowest BCUT2D eigenvalue weighted by Crippen LogP contribution is -2.46. The lowest BCUT2D eigenvalue weighted by Gasteiger charge is -2.20. The predicted molar refractivity (Wildman–Crippen MR) is 109 cm³/mol. The average Bonchev–Trinajstić information content (AvgIpc) is 3.21. The number of nitrogens with one attached hydrogen (secondary N) is 2. The van der Waals surface area contributed by atoms with Crippen LogP contribution in [-0.2, 0) is 4.79 Å². The minimum atomic E-state index is 0.0637. The number of carbonyl (C=O) groups is 1. The van der Waals surface area contributed by atoms with Gasteiger partial charge in [0, 0.05) is 48.0 Å². The van der Waals surface area contributed by atoms with Crippen LogP contribution in [0.5, 0.6) is 0 Å². The molecule has 1 heterocycles. The molecule has 1 aliphatic heterocycles. The highest BCUT2D eigenvalue weighted by Crippen LogP contribution is 2.41. The first-order chi connectivity index (χ1) is 12.5. The quantitative estimate of drug-likeness (QED) is 0.568. The smallest absolute Gasteiger partial charge is 0.225 e. The van der Waals surface area contributed by atoms with E-state index in [9.17, 15) is 4.79 Å². The Bertz CT molecular complexity index is 658. The van der Waals surface area contributed by atoms with Gasteiger partial charge in [-0.15, -0.1) is 0 Å². The van der Waals surface area contributed by atoms with Crippen LogP contribution in [0.4, 0.5) is 0 Å². The molecule has 1 saturated heterocycles. The molecule has 1 saturated carbocycles. The zero-order chi connectivity index (χ0) is 18.7. The number of halogens is 1. The maximum Gasteiger partial charge on any atom is 0.225 e. The van der Waals surface area contributed by atoms with Crippen LogP contribution in [-0.4, -0.2) is 48.5 Å². The topological polar surface area (TPSA) is 56.7 Å². The number of benzene rings is 1. The molecule has 2 fully saturated rings. The third-order valence-corrected chi connectivity index (χ3v) is 5.59. The Morgan fingerprint density at radius 3 is 2.69 bits per heavy atom. The van der Waals surface area contributed by atoms with Gasteiger partial charge in [-0.2, -0.15) is 0 Å². The van der Waals surface area contributed by atoms with Crippen molar-refractivity contribution < 1.29 is 4.79 Å². The van der Waals surface area contributed by atoms with Crippen LogP contribution < -0.4 is 10.6 Å². The van der Waals surface area contributed by atoms with Crippen molar-refractivity contribution in [2.75, 3.05) is 19.6 Å². The number of rotatable bonds is 5. The van der Waals surface area contributed by atoms with Gasteiger partial charge in [0.05, 0.1) is 0 Å². The summed E-state index contributed by atoms with van der Waals surface area (Å²) in [6.45, 7) is 8.31. The molecule has 0 bridgehead atoms. The van der Waals surface area contributed by atoms with E-state index in [0.29, 0.717) is 12.0 Å². The molecule has 1 aromatic carbocycles. The van der Waals surface area contributed by atoms with Gasteiger partial charge >= 0.3 is 0 Å². The molecular weight excluding hydrogens is 392 g/mol. The Hall–Kier alpha value is -1.56. The molecule has 0 aromatic heterocycles. The Morgan fingerprint density at radius 1 is 1.31 bits per heavy atom. The molecule has 6 heteroatoms. The fourth-order valence-corrected chi connectivity index (χ4v) is 3.80. The average molecular weight is 421 g/mol. The van der Waals surface area contributed by atoms with Gasteiger partial charge in [0.2, 0.25) is 5.91 Å². The third kappa shape index (κ3) is 4.78. The van der Waals surface area contributed by atoms with E-state index in [1.54, 1.807) is 0 Å². The molecule has 5 nitrogen and oxygen atoms in total. The van der Waals surface area contributed by atoms with E-state index in [2.05, 4.69) is 55.8 Å². The van der Waals surface area contributed by atoms with Crippen LogP contribution in [0.25, 0.3) is 0 Å². The highest BCUT2D eigenvalue weighted by atomic mass is 79.9. The zero-order valence-corrected chi connectivity index (χ0v) is 17.4. The number of amides is 1. The second kappa shape index (κ2) is 8.42. The van der Waals surface area contributed by atoms with Gasteiger partial charge < -0.3 is 15.5 Å². The van der Waals surface area contributed by atoms with Crippen molar-refractivity contribution in [1.29, 1.82) is 0 Å². The summed E-state index contributed by atoms with van der Waals surface area (Å²) >= 11 is 3.49. The Morgan fingerprint density at radius 2 is 2.04 bits per heavy atom. The normalized spacial score (nSPS) is 25.5. The lowest BCUT2D eigenvalue weighted by molar-refractivity contribution is -0.133. The fourth-order valence-electron chi connectivity index (χ4n) is 3.54. The van der Waals surface area contributed by atoms with Crippen LogP contribution in [0.2, 0.25) is 0 Å². The standard InChI is InChI=1S/C20H29BrN4O/c1-4-22-20(23-16-9-10-25(12-16)19(26)13(2)3)24-18-11-17(18)14-5-7-15(21)8-6-14/h5-8,13,16-18H,4,9-12H2,1-3H3,(H2,22,23,24). The third-order valence-electron chi connectivity index (χ3n) is 5.06. The number of likely N-dealkylation sites (tertiary alicyclic amines) is 1. The molecule has 2 aliphatic rings. The van der Waals surface area contributed by atoms with Gasteiger partial charge in [0.25, 0.3) is 0 Å². The molecule has 142 valence electrons. The van der Waals surface area contributed by atoms with Gasteiger partial charge in [-0.25, -0.2) is 0 Å². The highest BCUT2D eigenvalue weighted by molar-refractivity contribution is 9.10. The molecule has 1 aromatic rings. The first kappa shape index (κ1) is 19.2. The van der Waals surface area contributed by atoms with Crippen molar-refractivity contribution in [2.45, 2.75) is 51.6 Å². The van der Waals surface area contributed by atoms with Crippen molar-refractivity contribution in [3.05, 3.63) is 34.3 Å². The second-order valence-corrected chi connectivity index (χ2v) is 8.45. The Balaban J connectivity index is 1.52. The highest BCUT2D eigenvalue weighted by Gasteiger charge is 2.39. The lowest BCUT2D eigenvalue weighted by atomic mass is 10.1. The van der Waals surface area contributed by atoms with Crippen LogP contribution in [0.1, 0.15) is 45.1 Å². The van der Waals surface area contributed by atoms with E-state index in [0.717, 1.165) is 42.9 Å². The van der Waals surface area contributed by atoms with Crippen LogP contribution >= 0.6 is 15.9 Å². The first-order valence-corrected chi connectivity index (χ1v) is 10.4. The van der Waals surface area contributed by atoms with Gasteiger partial charge in [-0.3, -0.25) is 9.79 Å². The zero-order valence-electron chi connectivity index (χ0n) is 15.8. The largest absolute Gasteiger partial charge is 0.353 e. The summed E-state index contributed by atoms with van der Waals surface area (Å²) in [5.74, 6) is 1.73.